The van der Waals surface area contributed by atoms with Gasteiger partial charge in [-0.05, 0) is 104 Å². The van der Waals surface area contributed by atoms with Crippen molar-refractivity contribution < 1.29 is 18.3 Å². The van der Waals surface area contributed by atoms with Crippen LogP contribution in [0.3, 0.4) is 0 Å². The highest BCUT2D eigenvalue weighted by molar-refractivity contribution is 5.84. The predicted octanol–water partition coefficient (Wildman–Crippen LogP) is 8.29. The Labute approximate surface area is 226 Å². The van der Waals surface area contributed by atoms with Gasteiger partial charge in [-0.25, -0.2) is 9.97 Å². The average Bonchev–Trinajstić information content (AvgIpc) is 3.63. The van der Waals surface area contributed by atoms with Gasteiger partial charge in [0.05, 0.1) is 13.2 Å². The molecular formula is C33H28N2O4. The lowest BCUT2D eigenvalue weighted by Crippen LogP contribution is -1.93. The molecule has 0 atom stereocenters. The maximum absolute atomic E-state index is 6.15. The number of benzene rings is 4. The van der Waals surface area contributed by atoms with Gasteiger partial charge in [-0.15, -0.1) is 0 Å². The van der Waals surface area contributed by atoms with Crippen molar-refractivity contribution in [2.24, 2.45) is 0 Å². The van der Waals surface area contributed by atoms with E-state index in [2.05, 4.69) is 36.4 Å². The molecule has 194 valence electrons. The minimum atomic E-state index is 0.612. The van der Waals surface area contributed by atoms with Crippen molar-refractivity contribution in [3.8, 4) is 45.5 Å². The number of nitrogens with zero attached hydrogens (tertiary/aromatic N) is 2. The first-order chi connectivity index (χ1) is 19.0. The van der Waals surface area contributed by atoms with E-state index in [1.54, 1.807) is 0 Å². The zero-order valence-corrected chi connectivity index (χ0v) is 22.4. The molecule has 2 heterocycles. The highest BCUT2D eigenvalue weighted by Crippen LogP contribution is 2.41. The van der Waals surface area contributed by atoms with Crippen molar-refractivity contribution in [3.63, 3.8) is 0 Å². The lowest BCUT2D eigenvalue weighted by molar-refractivity contribution is 0.337. The second-order valence-electron chi connectivity index (χ2n) is 10.00. The van der Waals surface area contributed by atoms with E-state index in [4.69, 9.17) is 28.3 Å². The van der Waals surface area contributed by atoms with Crippen LogP contribution in [0.5, 0.6) is 11.5 Å². The SMILES string of the molecule is CCOc1cc2oc(-c3ccc4c(c3)Cc3cc(-c5nc6cc(C)c(OCC)cc6o5)ccc3-4)nc2cc1C. The molecule has 39 heavy (non-hydrogen) atoms. The Kier molecular flexibility index (Phi) is 5.44. The van der Waals surface area contributed by atoms with Crippen LogP contribution in [0, 0.1) is 13.8 Å². The van der Waals surface area contributed by atoms with E-state index in [0.717, 1.165) is 62.4 Å². The number of fused-ring (bicyclic) bond motifs is 5. The molecular weight excluding hydrogens is 488 g/mol. The van der Waals surface area contributed by atoms with E-state index in [-0.39, 0.29) is 0 Å². The summed E-state index contributed by atoms with van der Waals surface area (Å²) in [7, 11) is 0. The van der Waals surface area contributed by atoms with Crippen LogP contribution in [0.25, 0.3) is 56.2 Å². The minimum absolute atomic E-state index is 0.612. The molecule has 0 N–H and O–H groups in total. The number of aryl methyl sites for hydroxylation is 2. The van der Waals surface area contributed by atoms with Crippen LogP contribution in [-0.4, -0.2) is 23.2 Å². The third-order valence-electron chi connectivity index (χ3n) is 7.35. The summed E-state index contributed by atoms with van der Waals surface area (Å²) >= 11 is 0. The molecule has 0 saturated heterocycles. The van der Waals surface area contributed by atoms with E-state index in [0.29, 0.717) is 25.0 Å². The fourth-order valence-electron chi connectivity index (χ4n) is 5.47. The third kappa shape index (κ3) is 3.95. The molecule has 0 spiro atoms. The fourth-order valence-corrected chi connectivity index (χ4v) is 5.47. The van der Waals surface area contributed by atoms with Crippen molar-refractivity contribution >= 4 is 22.2 Å². The van der Waals surface area contributed by atoms with Crippen LogP contribution in [0.1, 0.15) is 36.1 Å². The molecule has 0 amide bonds. The van der Waals surface area contributed by atoms with Crippen LogP contribution in [0.2, 0.25) is 0 Å². The molecule has 6 aromatic rings. The summed E-state index contributed by atoms with van der Waals surface area (Å²) in [6.45, 7) is 9.24. The van der Waals surface area contributed by atoms with Gasteiger partial charge in [0.15, 0.2) is 11.2 Å². The topological polar surface area (TPSA) is 70.5 Å². The highest BCUT2D eigenvalue weighted by Gasteiger charge is 2.22. The van der Waals surface area contributed by atoms with Gasteiger partial charge in [0, 0.05) is 23.3 Å². The van der Waals surface area contributed by atoms with E-state index in [1.807, 2.05) is 52.0 Å². The number of aromatic nitrogens is 2. The quantitative estimate of drug-likeness (QED) is 0.221. The fraction of sp³-hybridized carbons (Fsp3) is 0.212. The summed E-state index contributed by atoms with van der Waals surface area (Å²) in [5, 5.41) is 0. The Bertz CT molecular complexity index is 1760. The summed E-state index contributed by atoms with van der Waals surface area (Å²) in [6, 6.07) is 20.8. The zero-order chi connectivity index (χ0) is 26.7. The van der Waals surface area contributed by atoms with Crippen LogP contribution in [-0.2, 0) is 6.42 Å². The van der Waals surface area contributed by atoms with Gasteiger partial charge < -0.3 is 18.3 Å². The van der Waals surface area contributed by atoms with Gasteiger partial charge in [-0.2, -0.15) is 0 Å². The van der Waals surface area contributed by atoms with Crippen molar-refractivity contribution in [1.29, 1.82) is 0 Å². The van der Waals surface area contributed by atoms with E-state index in [9.17, 15) is 0 Å². The minimum Gasteiger partial charge on any atom is -0.493 e. The maximum atomic E-state index is 6.15. The molecule has 1 aliphatic carbocycles. The summed E-state index contributed by atoms with van der Waals surface area (Å²) in [6.07, 6.45) is 0.827. The number of oxazole rings is 2. The third-order valence-corrected chi connectivity index (χ3v) is 7.35. The predicted molar refractivity (Wildman–Crippen MR) is 153 cm³/mol. The Morgan fingerprint density at radius 3 is 1.54 bits per heavy atom. The molecule has 7 rings (SSSR count). The number of hydrogen-bond acceptors (Lipinski definition) is 6. The summed E-state index contributed by atoms with van der Waals surface area (Å²) in [5.41, 5.74) is 12.1. The van der Waals surface area contributed by atoms with E-state index < -0.39 is 0 Å². The second-order valence-corrected chi connectivity index (χ2v) is 10.00. The first-order valence-electron chi connectivity index (χ1n) is 13.4. The van der Waals surface area contributed by atoms with E-state index >= 15 is 0 Å². The van der Waals surface area contributed by atoms with Gasteiger partial charge in [-0.3, -0.25) is 0 Å². The number of ether oxygens (including phenoxy) is 2. The Balaban J connectivity index is 1.20. The summed E-state index contributed by atoms with van der Waals surface area (Å²) < 4.78 is 23.8. The normalized spacial score (nSPS) is 12.2. The van der Waals surface area contributed by atoms with Crippen LogP contribution in [0.15, 0.2) is 69.5 Å². The molecule has 6 heteroatoms. The van der Waals surface area contributed by atoms with Gasteiger partial charge >= 0.3 is 0 Å². The first-order valence-corrected chi connectivity index (χ1v) is 13.4. The Morgan fingerprint density at radius 1 is 0.641 bits per heavy atom. The molecule has 0 unspecified atom stereocenters. The van der Waals surface area contributed by atoms with Crippen molar-refractivity contribution in [1.82, 2.24) is 9.97 Å². The van der Waals surface area contributed by atoms with Gasteiger partial charge in [0.1, 0.15) is 22.5 Å². The van der Waals surface area contributed by atoms with Gasteiger partial charge in [0.25, 0.3) is 0 Å². The van der Waals surface area contributed by atoms with Gasteiger partial charge in [0.2, 0.25) is 11.8 Å². The van der Waals surface area contributed by atoms with Crippen molar-refractivity contribution in [3.05, 3.63) is 82.9 Å². The molecule has 0 saturated carbocycles. The molecule has 0 fully saturated rings. The standard InChI is InChI=1S/C33H28N2O4/c1-5-36-28-16-30-26(11-18(28)3)34-32(38-30)20-7-9-24-22(13-20)15-23-14-21(8-10-25(23)24)33-35-27-12-19(4)29(37-6-2)17-31(27)39-33/h7-14,16-17H,5-6,15H2,1-4H3. The molecule has 2 aromatic heterocycles. The van der Waals surface area contributed by atoms with Crippen molar-refractivity contribution in [2.75, 3.05) is 13.2 Å². The molecule has 6 nitrogen and oxygen atoms in total. The second kappa shape index (κ2) is 9.02. The smallest absolute Gasteiger partial charge is 0.227 e. The van der Waals surface area contributed by atoms with Crippen LogP contribution < -0.4 is 9.47 Å². The van der Waals surface area contributed by atoms with Gasteiger partial charge in [-0.1, -0.05) is 12.1 Å². The van der Waals surface area contributed by atoms with Crippen LogP contribution >= 0.6 is 0 Å². The number of hydrogen-bond donors (Lipinski definition) is 0. The van der Waals surface area contributed by atoms with E-state index in [1.165, 1.54) is 22.3 Å². The molecule has 4 aromatic carbocycles. The Hall–Kier alpha value is -4.58. The largest absolute Gasteiger partial charge is 0.493 e. The lowest BCUT2D eigenvalue weighted by atomic mass is 10.0. The lowest BCUT2D eigenvalue weighted by Gasteiger charge is -2.05. The first kappa shape index (κ1) is 23.5. The summed E-state index contributed by atoms with van der Waals surface area (Å²) in [4.78, 5) is 9.53. The monoisotopic (exact) mass is 516 g/mol. The van der Waals surface area contributed by atoms with Crippen molar-refractivity contribution in [2.45, 2.75) is 34.1 Å². The van der Waals surface area contributed by atoms with Crippen LogP contribution in [0.4, 0.5) is 0 Å². The highest BCUT2D eigenvalue weighted by atomic mass is 16.5. The molecule has 1 aliphatic rings. The molecule has 0 aliphatic heterocycles. The summed E-state index contributed by atoms with van der Waals surface area (Å²) in [5.74, 6) is 2.89. The maximum Gasteiger partial charge on any atom is 0.227 e. The molecule has 0 bridgehead atoms. The zero-order valence-electron chi connectivity index (χ0n) is 22.4. The molecule has 0 radical (unpaired) electrons. The number of rotatable bonds is 6. The average molecular weight is 517 g/mol. The Morgan fingerprint density at radius 2 is 1.10 bits per heavy atom.